The number of hydrogen-bond donors (Lipinski definition) is 1. The Morgan fingerprint density at radius 2 is 2.04 bits per heavy atom. The zero-order valence-corrected chi connectivity index (χ0v) is 15.5. The van der Waals surface area contributed by atoms with Crippen LogP contribution in [-0.2, 0) is 11.3 Å². The van der Waals surface area contributed by atoms with Gasteiger partial charge in [0.05, 0.1) is 13.7 Å². The van der Waals surface area contributed by atoms with E-state index < -0.39 is 0 Å². The summed E-state index contributed by atoms with van der Waals surface area (Å²) in [5.74, 6) is 1.88. The summed E-state index contributed by atoms with van der Waals surface area (Å²) in [6, 6.07) is 13.2. The number of amides is 1. The third-order valence-corrected chi connectivity index (χ3v) is 3.94. The van der Waals surface area contributed by atoms with Gasteiger partial charge in [-0.3, -0.25) is 4.79 Å². The zero-order chi connectivity index (χ0) is 19.2. The first kappa shape index (κ1) is 18.4. The zero-order valence-electron chi connectivity index (χ0n) is 15.5. The van der Waals surface area contributed by atoms with E-state index in [0.29, 0.717) is 23.2 Å². The van der Waals surface area contributed by atoms with Crippen LogP contribution in [0.25, 0.3) is 11.4 Å². The van der Waals surface area contributed by atoms with Crippen molar-refractivity contribution in [3.63, 3.8) is 0 Å². The van der Waals surface area contributed by atoms with E-state index >= 15 is 0 Å². The van der Waals surface area contributed by atoms with E-state index in [1.54, 1.807) is 7.11 Å². The quantitative estimate of drug-likeness (QED) is 0.691. The second-order valence-electron chi connectivity index (χ2n) is 6.08. The highest BCUT2D eigenvalue weighted by Crippen LogP contribution is 2.21. The second-order valence-corrected chi connectivity index (χ2v) is 6.08. The molecule has 0 aliphatic carbocycles. The van der Waals surface area contributed by atoms with E-state index in [9.17, 15) is 4.79 Å². The molecule has 0 aliphatic heterocycles. The van der Waals surface area contributed by atoms with E-state index in [1.165, 1.54) is 0 Å². The SMILES string of the molecule is COc1cccc(-c2noc(CNC(=O)COc3cc(C)ccc3C)n2)c1. The van der Waals surface area contributed by atoms with Crippen molar-refractivity contribution in [1.82, 2.24) is 15.5 Å². The molecule has 1 N–H and O–H groups in total. The Morgan fingerprint density at radius 3 is 2.85 bits per heavy atom. The lowest BCUT2D eigenvalue weighted by atomic mass is 10.1. The average Bonchev–Trinajstić information content (AvgIpc) is 3.16. The van der Waals surface area contributed by atoms with Gasteiger partial charge in [0.1, 0.15) is 11.5 Å². The largest absolute Gasteiger partial charge is 0.497 e. The van der Waals surface area contributed by atoms with E-state index in [1.807, 2.05) is 56.3 Å². The van der Waals surface area contributed by atoms with Gasteiger partial charge in [-0.05, 0) is 43.2 Å². The third-order valence-electron chi connectivity index (χ3n) is 3.94. The molecular weight excluding hydrogens is 346 g/mol. The van der Waals surface area contributed by atoms with E-state index in [4.69, 9.17) is 14.0 Å². The van der Waals surface area contributed by atoms with Crippen LogP contribution in [0.3, 0.4) is 0 Å². The molecule has 0 spiro atoms. The molecule has 0 unspecified atom stereocenters. The molecule has 7 nitrogen and oxygen atoms in total. The van der Waals surface area contributed by atoms with E-state index in [2.05, 4.69) is 15.5 Å². The molecule has 0 saturated heterocycles. The molecule has 1 heterocycles. The Labute approximate surface area is 157 Å². The molecule has 2 aromatic carbocycles. The van der Waals surface area contributed by atoms with Crippen molar-refractivity contribution in [2.24, 2.45) is 0 Å². The Balaban J connectivity index is 1.53. The first-order chi connectivity index (χ1) is 13.0. The van der Waals surface area contributed by atoms with Crippen LogP contribution in [0.15, 0.2) is 47.0 Å². The summed E-state index contributed by atoms with van der Waals surface area (Å²) in [6.07, 6.45) is 0. The lowest BCUT2D eigenvalue weighted by Gasteiger charge is -2.09. The monoisotopic (exact) mass is 367 g/mol. The number of methoxy groups -OCH3 is 1. The lowest BCUT2D eigenvalue weighted by molar-refractivity contribution is -0.123. The molecule has 0 bridgehead atoms. The first-order valence-corrected chi connectivity index (χ1v) is 8.49. The maximum absolute atomic E-state index is 12.0. The number of aryl methyl sites for hydroxylation is 2. The Kier molecular flexibility index (Phi) is 5.71. The Morgan fingerprint density at radius 1 is 1.19 bits per heavy atom. The minimum Gasteiger partial charge on any atom is -0.497 e. The number of hydrogen-bond acceptors (Lipinski definition) is 6. The maximum Gasteiger partial charge on any atom is 0.258 e. The summed E-state index contributed by atoms with van der Waals surface area (Å²) in [7, 11) is 1.59. The minimum absolute atomic E-state index is 0.0822. The number of nitrogens with one attached hydrogen (secondary N) is 1. The van der Waals surface area contributed by atoms with Gasteiger partial charge in [0.2, 0.25) is 11.7 Å². The highest BCUT2D eigenvalue weighted by atomic mass is 16.5. The number of aromatic nitrogens is 2. The van der Waals surface area contributed by atoms with Crippen molar-refractivity contribution in [3.8, 4) is 22.9 Å². The average molecular weight is 367 g/mol. The Hall–Kier alpha value is -3.35. The molecule has 27 heavy (non-hydrogen) atoms. The van der Waals surface area contributed by atoms with Gasteiger partial charge in [0.15, 0.2) is 6.61 Å². The summed E-state index contributed by atoms with van der Waals surface area (Å²) in [4.78, 5) is 16.3. The van der Waals surface area contributed by atoms with Gasteiger partial charge in [-0.25, -0.2) is 0 Å². The van der Waals surface area contributed by atoms with E-state index in [0.717, 1.165) is 16.7 Å². The van der Waals surface area contributed by atoms with Crippen molar-refractivity contribution in [2.75, 3.05) is 13.7 Å². The predicted molar refractivity (Wildman–Crippen MR) is 99.5 cm³/mol. The summed E-state index contributed by atoms with van der Waals surface area (Å²) >= 11 is 0. The molecule has 0 saturated carbocycles. The molecule has 3 rings (SSSR count). The van der Waals surface area contributed by atoms with Gasteiger partial charge in [-0.1, -0.05) is 29.4 Å². The van der Waals surface area contributed by atoms with Crippen LogP contribution in [0.2, 0.25) is 0 Å². The van der Waals surface area contributed by atoms with Crippen molar-refractivity contribution in [1.29, 1.82) is 0 Å². The summed E-state index contributed by atoms with van der Waals surface area (Å²) in [5.41, 5.74) is 2.83. The van der Waals surface area contributed by atoms with E-state index in [-0.39, 0.29) is 19.1 Å². The smallest absolute Gasteiger partial charge is 0.258 e. The topological polar surface area (TPSA) is 86.5 Å². The summed E-state index contributed by atoms with van der Waals surface area (Å²) in [6.45, 7) is 3.96. The van der Waals surface area contributed by atoms with Gasteiger partial charge in [0.25, 0.3) is 5.91 Å². The number of carbonyl (C=O) groups excluding carboxylic acids is 1. The molecule has 140 valence electrons. The highest BCUT2D eigenvalue weighted by Gasteiger charge is 2.11. The Bertz CT molecular complexity index is 936. The number of nitrogens with zero attached hydrogens (tertiary/aromatic N) is 2. The number of ether oxygens (including phenoxy) is 2. The van der Waals surface area contributed by atoms with Crippen molar-refractivity contribution < 1.29 is 18.8 Å². The molecule has 0 radical (unpaired) electrons. The van der Waals surface area contributed by atoms with Crippen LogP contribution < -0.4 is 14.8 Å². The van der Waals surface area contributed by atoms with Gasteiger partial charge in [-0.15, -0.1) is 0 Å². The van der Waals surface area contributed by atoms with Crippen molar-refractivity contribution in [2.45, 2.75) is 20.4 Å². The first-order valence-electron chi connectivity index (χ1n) is 8.49. The van der Waals surface area contributed by atoms with Crippen LogP contribution in [0.4, 0.5) is 0 Å². The fraction of sp³-hybridized carbons (Fsp3) is 0.250. The maximum atomic E-state index is 12.0. The number of carbonyl (C=O) groups is 1. The van der Waals surface area contributed by atoms with Gasteiger partial charge >= 0.3 is 0 Å². The van der Waals surface area contributed by atoms with Crippen LogP contribution in [0.1, 0.15) is 17.0 Å². The van der Waals surface area contributed by atoms with Crippen LogP contribution >= 0.6 is 0 Å². The number of benzene rings is 2. The minimum atomic E-state index is -0.267. The van der Waals surface area contributed by atoms with Gasteiger partial charge in [0, 0.05) is 5.56 Å². The predicted octanol–water partition coefficient (Wildman–Crippen LogP) is 3.06. The lowest BCUT2D eigenvalue weighted by Crippen LogP contribution is -2.28. The molecule has 1 aromatic heterocycles. The van der Waals surface area contributed by atoms with Crippen LogP contribution in [-0.4, -0.2) is 29.8 Å². The standard InChI is InChI=1S/C20H21N3O4/c1-13-7-8-14(2)17(9-13)26-12-18(24)21-11-19-22-20(23-27-19)15-5-4-6-16(10-15)25-3/h4-10H,11-12H2,1-3H3,(H,21,24). The van der Waals surface area contributed by atoms with Crippen molar-refractivity contribution >= 4 is 5.91 Å². The van der Waals surface area contributed by atoms with Gasteiger partial charge in [-0.2, -0.15) is 4.98 Å². The molecule has 3 aromatic rings. The molecular formula is C20H21N3O4. The highest BCUT2D eigenvalue weighted by molar-refractivity contribution is 5.77. The summed E-state index contributed by atoms with van der Waals surface area (Å²) in [5, 5.41) is 6.64. The second kappa shape index (κ2) is 8.35. The molecule has 1 amide bonds. The third kappa shape index (κ3) is 4.84. The molecule has 7 heteroatoms. The molecule has 0 atom stereocenters. The fourth-order valence-corrected chi connectivity index (χ4v) is 2.44. The van der Waals surface area contributed by atoms with Crippen LogP contribution in [0, 0.1) is 13.8 Å². The number of rotatable bonds is 7. The molecule has 0 fully saturated rings. The van der Waals surface area contributed by atoms with Gasteiger partial charge < -0.3 is 19.3 Å². The molecule has 0 aliphatic rings. The fourth-order valence-electron chi connectivity index (χ4n) is 2.44. The summed E-state index contributed by atoms with van der Waals surface area (Å²) < 4.78 is 15.9. The van der Waals surface area contributed by atoms with Crippen LogP contribution in [0.5, 0.6) is 11.5 Å². The van der Waals surface area contributed by atoms with Crippen molar-refractivity contribution in [3.05, 3.63) is 59.5 Å². The normalized spacial score (nSPS) is 10.5.